The zero-order valence-electron chi connectivity index (χ0n) is 19.7. The van der Waals surface area contributed by atoms with Crippen LogP contribution in [0.25, 0.3) is 11.1 Å². The van der Waals surface area contributed by atoms with Gasteiger partial charge in [-0.15, -0.1) is 0 Å². The fourth-order valence-corrected chi connectivity index (χ4v) is 3.11. The molecule has 178 valence electrons. The molecule has 0 bridgehead atoms. The van der Waals surface area contributed by atoms with Crippen LogP contribution >= 0.6 is 0 Å². The normalized spacial score (nSPS) is 10.9. The summed E-state index contributed by atoms with van der Waals surface area (Å²) in [5.74, 6) is 0.659. The first-order valence-corrected chi connectivity index (χ1v) is 11.0. The topological polar surface area (TPSA) is 99.9 Å². The number of nitrogens with one attached hydrogen (secondary N) is 1. The van der Waals surface area contributed by atoms with Crippen LogP contribution < -0.4 is 20.5 Å². The van der Waals surface area contributed by atoms with Gasteiger partial charge < -0.3 is 25.3 Å². The third kappa shape index (κ3) is 7.85. The Morgan fingerprint density at radius 2 is 1.56 bits per heavy atom. The van der Waals surface area contributed by atoms with Crippen molar-refractivity contribution in [1.29, 1.82) is 0 Å². The number of ether oxygens (including phenoxy) is 3. The van der Waals surface area contributed by atoms with Crippen molar-refractivity contribution in [2.24, 2.45) is 5.73 Å². The molecule has 0 fully saturated rings. The van der Waals surface area contributed by atoms with E-state index in [9.17, 15) is 9.59 Å². The van der Waals surface area contributed by atoms with E-state index in [1.807, 2.05) is 60.7 Å². The first kappa shape index (κ1) is 24.6. The molecule has 2 amide bonds. The van der Waals surface area contributed by atoms with Gasteiger partial charge in [0.15, 0.2) is 0 Å². The van der Waals surface area contributed by atoms with Gasteiger partial charge in [-0.3, -0.25) is 4.79 Å². The summed E-state index contributed by atoms with van der Waals surface area (Å²) >= 11 is 0. The summed E-state index contributed by atoms with van der Waals surface area (Å²) in [5.41, 5.74) is 8.02. The Hall–Kier alpha value is -4.00. The van der Waals surface area contributed by atoms with Crippen LogP contribution in [0.5, 0.6) is 11.5 Å². The summed E-state index contributed by atoms with van der Waals surface area (Å²) in [5, 5.41) is 2.63. The molecule has 0 unspecified atom stereocenters. The van der Waals surface area contributed by atoms with Gasteiger partial charge in [0.25, 0.3) is 0 Å². The van der Waals surface area contributed by atoms with Gasteiger partial charge in [-0.25, -0.2) is 4.79 Å². The van der Waals surface area contributed by atoms with Crippen LogP contribution in [0.4, 0.5) is 4.79 Å². The molecular formula is C27H30N2O5. The maximum Gasteiger partial charge on any atom is 0.407 e. The van der Waals surface area contributed by atoms with Gasteiger partial charge in [-0.05, 0) is 67.8 Å². The number of benzene rings is 3. The number of amides is 2. The van der Waals surface area contributed by atoms with E-state index in [0.29, 0.717) is 17.9 Å². The van der Waals surface area contributed by atoms with Gasteiger partial charge in [0.2, 0.25) is 5.91 Å². The minimum atomic E-state index is -0.572. The number of hydrogen-bond acceptors (Lipinski definition) is 5. The van der Waals surface area contributed by atoms with Crippen molar-refractivity contribution in [2.45, 2.75) is 33.0 Å². The maximum atomic E-state index is 11.8. The number of carbonyl (C=O) groups excluding carboxylic acids is 2. The molecule has 0 aliphatic heterocycles. The van der Waals surface area contributed by atoms with Crippen molar-refractivity contribution < 1.29 is 23.8 Å². The summed E-state index contributed by atoms with van der Waals surface area (Å²) < 4.78 is 16.8. The second-order valence-corrected chi connectivity index (χ2v) is 8.69. The molecule has 0 spiro atoms. The van der Waals surface area contributed by atoms with Crippen molar-refractivity contribution in [3.63, 3.8) is 0 Å². The highest BCUT2D eigenvalue weighted by Crippen LogP contribution is 2.28. The Labute approximate surface area is 199 Å². The predicted molar refractivity (Wildman–Crippen MR) is 131 cm³/mol. The van der Waals surface area contributed by atoms with Gasteiger partial charge in [-0.1, -0.05) is 42.5 Å². The largest absolute Gasteiger partial charge is 0.492 e. The van der Waals surface area contributed by atoms with E-state index in [1.54, 1.807) is 32.9 Å². The van der Waals surface area contributed by atoms with Crippen LogP contribution in [0, 0.1) is 0 Å². The van der Waals surface area contributed by atoms with E-state index in [2.05, 4.69) is 5.32 Å². The summed E-state index contributed by atoms with van der Waals surface area (Å²) in [4.78, 5) is 23.6. The molecule has 3 rings (SSSR count). The average Bonchev–Trinajstić information content (AvgIpc) is 2.80. The lowest BCUT2D eigenvalue weighted by molar-refractivity contribution is 0.0520. The number of alkyl carbamates (subject to hydrolysis) is 1. The van der Waals surface area contributed by atoms with Gasteiger partial charge in [-0.2, -0.15) is 0 Å². The van der Waals surface area contributed by atoms with Crippen LogP contribution in [-0.4, -0.2) is 30.8 Å². The zero-order valence-corrected chi connectivity index (χ0v) is 19.7. The second-order valence-electron chi connectivity index (χ2n) is 8.69. The molecule has 0 saturated heterocycles. The highest BCUT2D eigenvalue weighted by molar-refractivity contribution is 5.94. The monoisotopic (exact) mass is 462 g/mol. The molecule has 3 aromatic carbocycles. The van der Waals surface area contributed by atoms with E-state index in [-0.39, 0.29) is 13.2 Å². The summed E-state index contributed by atoms with van der Waals surface area (Å²) in [6, 6.07) is 22.6. The standard InChI is InChI=1S/C27H30N2O5/c1-27(2,3)34-26(31)29-13-14-32-24-16-21(15-22(17-24)25(28)30)20-9-11-23(12-10-20)33-18-19-7-5-4-6-8-19/h4-12,15-17H,13-14,18H2,1-3H3,(H2,28,30)(H,29,31). The molecule has 0 heterocycles. The molecule has 7 nitrogen and oxygen atoms in total. The van der Waals surface area contributed by atoms with Crippen molar-refractivity contribution in [2.75, 3.05) is 13.2 Å². The smallest absolute Gasteiger partial charge is 0.407 e. The van der Waals surface area contributed by atoms with Crippen molar-refractivity contribution >= 4 is 12.0 Å². The Balaban J connectivity index is 1.63. The summed E-state index contributed by atoms with van der Waals surface area (Å²) in [6.45, 7) is 6.31. The zero-order chi connectivity index (χ0) is 24.6. The molecule has 0 radical (unpaired) electrons. The number of rotatable bonds is 9. The highest BCUT2D eigenvalue weighted by Gasteiger charge is 2.15. The molecule has 34 heavy (non-hydrogen) atoms. The molecule has 0 atom stereocenters. The number of carbonyl (C=O) groups is 2. The average molecular weight is 463 g/mol. The van der Waals surface area contributed by atoms with Crippen molar-refractivity contribution in [3.8, 4) is 22.6 Å². The van der Waals surface area contributed by atoms with Crippen LogP contribution in [-0.2, 0) is 11.3 Å². The van der Waals surface area contributed by atoms with Crippen LogP contribution in [0.1, 0.15) is 36.7 Å². The quantitative estimate of drug-likeness (QED) is 0.439. The number of primary amides is 1. The lowest BCUT2D eigenvalue weighted by atomic mass is 10.0. The minimum Gasteiger partial charge on any atom is -0.492 e. The third-order valence-corrected chi connectivity index (χ3v) is 4.67. The molecule has 0 aliphatic carbocycles. The minimum absolute atomic E-state index is 0.202. The van der Waals surface area contributed by atoms with Gasteiger partial charge >= 0.3 is 6.09 Å². The Morgan fingerprint density at radius 1 is 0.853 bits per heavy atom. The second kappa shape index (κ2) is 11.2. The van der Waals surface area contributed by atoms with E-state index >= 15 is 0 Å². The molecule has 3 N–H and O–H groups in total. The van der Waals surface area contributed by atoms with Gasteiger partial charge in [0.05, 0.1) is 6.54 Å². The fourth-order valence-electron chi connectivity index (χ4n) is 3.11. The predicted octanol–water partition coefficient (Wildman–Crippen LogP) is 4.94. The Kier molecular flexibility index (Phi) is 8.14. The molecule has 0 aromatic heterocycles. The fraction of sp³-hybridized carbons (Fsp3) is 0.259. The van der Waals surface area contributed by atoms with Gasteiger partial charge in [0.1, 0.15) is 30.3 Å². The van der Waals surface area contributed by atoms with E-state index in [0.717, 1.165) is 22.4 Å². The number of hydrogen-bond donors (Lipinski definition) is 2. The first-order valence-electron chi connectivity index (χ1n) is 11.0. The van der Waals surface area contributed by atoms with Crippen LogP contribution in [0.3, 0.4) is 0 Å². The SMILES string of the molecule is CC(C)(C)OC(=O)NCCOc1cc(C(N)=O)cc(-c2ccc(OCc3ccccc3)cc2)c1. The maximum absolute atomic E-state index is 11.8. The number of nitrogens with two attached hydrogens (primary N) is 1. The van der Waals surface area contributed by atoms with Crippen molar-refractivity contribution in [1.82, 2.24) is 5.32 Å². The van der Waals surface area contributed by atoms with E-state index in [1.165, 1.54) is 0 Å². The first-order chi connectivity index (χ1) is 16.2. The van der Waals surface area contributed by atoms with Gasteiger partial charge in [0, 0.05) is 5.56 Å². The van der Waals surface area contributed by atoms with Crippen LogP contribution in [0.15, 0.2) is 72.8 Å². The third-order valence-electron chi connectivity index (χ3n) is 4.67. The summed E-state index contributed by atoms with van der Waals surface area (Å²) in [7, 11) is 0. The van der Waals surface area contributed by atoms with E-state index in [4.69, 9.17) is 19.9 Å². The summed E-state index contributed by atoms with van der Waals surface area (Å²) in [6.07, 6.45) is -0.516. The molecule has 0 aliphatic rings. The molecular weight excluding hydrogens is 432 g/mol. The lowest BCUT2D eigenvalue weighted by Gasteiger charge is -2.19. The lowest BCUT2D eigenvalue weighted by Crippen LogP contribution is -2.34. The Morgan fingerprint density at radius 3 is 2.21 bits per heavy atom. The van der Waals surface area contributed by atoms with Crippen molar-refractivity contribution in [3.05, 3.63) is 83.9 Å². The Bertz CT molecular complexity index is 1110. The molecule has 3 aromatic rings. The highest BCUT2D eigenvalue weighted by atomic mass is 16.6. The molecule has 7 heteroatoms. The molecule has 0 saturated carbocycles. The van der Waals surface area contributed by atoms with Crippen LogP contribution in [0.2, 0.25) is 0 Å². The van der Waals surface area contributed by atoms with E-state index < -0.39 is 17.6 Å².